The first kappa shape index (κ1) is 12.2. The smallest absolute Gasteiger partial charge is 0.338 e. The van der Waals surface area contributed by atoms with Crippen molar-refractivity contribution in [2.45, 2.75) is 24.6 Å². The number of rotatable bonds is 4. The Bertz CT molecular complexity index is 314. The fourth-order valence-corrected chi connectivity index (χ4v) is 1.21. The quantitative estimate of drug-likeness (QED) is 0.619. The molecule has 1 aromatic carbocycles. The molecule has 3 heteroatoms. The van der Waals surface area contributed by atoms with Crippen LogP contribution >= 0.6 is 15.9 Å². The summed E-state index contributed by atoms with van der Waals surface area (Å²) >= 11 is 3.49. The molecule has 0 amide bonds. The second-order valence-corrected chi connectivity index (χ2v) is 6.12. The van der Waals surface area contributed by atoms with Gasteiger partial charge in [0.1, 0.15) is 0 Å². The first-order valence-electron chi connectivity index (χ1n) is 4.90. The standard InChI is InChI=1S/C12H15BrO2/c1-12(2,13)8-9-15-11(14)10-6-4-3-5-7-10/h3-7H,8-9H2,1-2H3. The molecule has 0 aliphatic rings. The number of carbonyl (C=O) groups excluding carboxylic acids is 1. The van der Waals surface area contributed by atoms with Crippen LogP contribution in [0.2, 0.25) is 0 Å². The van der Waals surface area contributed by atoms with Crippen molar-refractivity contribution in [1.82, 2.24) is 0 Å². The number of hydrogen-bond donors (Lipinski definition) is 0. The Balaban J connectivity index is 2.38. The number of alkyl halides is 1. The lowest BCUT2D eigenvalue weighted by Crippen LogP contribution is -2.15. The van der Waals surface area contributed by atoms with Crippen molar-refractivity contribution < 1.29 is 9.53 Å². The van der Waals surface area contributed by atoms with Gasteiger partial charge in [0.25, 0.3) is 0 Å². The zero-order valence-corrected chi connectivity index (χ0v) is 10.6. The van der Waals surface area contributed by atoms with Crippen molar-refractivity contribution in [3.8, 4) is 0 Å². The maximum Gasteiger partial charge on any atom is 0.338 e. The molecule has 15 heavy (non-hydrogen) atoms. The molecule has 1 aromatic rings. The fraction of sp³-hybridized carbons (Fsp3) is 0.417. The van der Waals surface area contributed by atoms with Gasteiger partial charge in [-0.1, -0.05) is 34.1 Å². The first-order chi connectivity index (χ1) is 6.99. The number of hydrogen-bond acceptors (Lipinski definition) is 2. The lowest BCUT2D eigenvalue weighted by atomic mass is 10.1. The van der Waals surface area contributed by atoms with Crippen LogP contribution in [0.3, 0.4) is 0 Å². The van der Waals surface area contributed by atoms with Gasteiger partial charge in [0.15, 0.2) is 0 Å². The Labute approximate surface area is 98.8 Å². The highest BCUT2D eigenvalue weighted by atomic mass is 79.9. The van der Waals surface area contributed by atoms with E-state index in [1.165, 1.54) is 0 Å². The Hall–Kier alpha value is -0.830. The van der Waals surface area contributed by atoms with E-state index >= 15 is 0 Å². The summed E-state index contributed by atoms with van der Waals surface area (Å²) < 4.78 is 5.15. The molecule has 0 saturated carbocycles. The van der Waals surface area contributed by atoms with Crippen LogP contribution in [0.25, 0.3) is 0 Å². The molecule has 0 fully saturated rings. The van der Waals surface area contributed by atoms with Crippen molar-refractivity contribution in [2.75, 3.05) is 6.61 Å². The van der Waals surface area contributed by atoms with Crippen LogP contribution in [0, 0.1) is 0 Å². The van der Waals surface area contributed by atoms with Gasteiger partial charge in [0.05, 0.1) is 12.2 Å². The van der Waals surface area contributed by atoms with Crippen molar-refractivity contribution in [2.24, 2.45) is 0 Å². The summed E-state index contributed by atoms with van der Waals surface area (Å²) in [5.74, 6) is -0.257. The first-order valence-corrected chi connectivity index (χ1v) is 5.69. The molecule has 82 valence electrons. The molecular weight excluding hydrogens is 256 g/mol. The molecule has 2 nitrogen and oxygen atoms in total. The van der Waals surface area contributed by atoms with Gasteiger partial charge >= 0.3 is 5.97 Å². The van der Waals surface area contributed by atoms with Crippen LogP contribution in [0.4, 0.5) is 0 Å². The second kappa shape index (κ2) is 5.31. The molecule has 0 aliphatic heterocycles. The molecule has 0 spiro atoms. The zero-order valence-electron chi connectivity index (χ0n) is 9.00. The van der Waals surface area contributed by atoms with E-state index in [9.17, 15) is 4.79 Å². The average molecular weight is 271 g/mol. The molecule has 0 radical (unpaired) electrons. The third-order valence-electron chi connectivity index (χ3n) is 1.94. The van der Waals surface area contributed by atoms with E-state index < -0.39 is 0 Å². The van der Waals surface area contributed by atoms with Gasteiger partial charge in [0.2, 0.25) is 0 Å². The van der Waals surface area contributed by atoms with Crippen molar-refractivity contribution in [3.05, 3.63) is 35.9 Å². The highest BCUT2D eigenvalue weighted by Gasteiger charge is 2.14. The lowest BCUT2D eigenvalue weighted by molar-refractivity contribution is 0.0494. The van der Waals surface area contributed by atoms with Gasteiger partial charge in [-0.15, -0.1) is 0 Å². The van der Waals surface area contributed by atoms with E-state index in [-0.39, 0.29) is 10.3 Å². The fourth-order valence-electron chi connectivity index (χ4n) is 1.04. The van der Waals surface area contributed by atoms with Gasteiger partial charge in [-0.2, -0.15) is 0 Å². The molecule has 0 bridgehead atoms. The predicted octanol–water partition coefficient (Wildman–Crippen LogP) is 3.41. The largest absolute Gasteiger partial charge is 0.462 e. The number of carbonyl (C=O) groups is 1. The van der Waals surface area contributed by atoms with Gasteiger partial charge in [-0.3, -0.25) is 0 Å². The molecule has 0 saturated heterocycles. The predicted molar refractivity (Wildman–Crippen MR) is 64.3 cm³/mol. The normalized spacial score (nSPS) is 11.1. The molecule has 0 aromatic heterocycles. The lowest BCUT2D eigenvalue weighted by Gasteiger charge is -2.15. The minimum absolute atomic E-state index is 0.0178. The number of esters is 1. The van der Waals surface area contributed by atoms with Gasteiger partial charge in [-0.05, 0) is 32.4 Å². The number of benzene rings is 1. The SMILES string of the molecule is CC(C)(Br)CCOC(=O)c1ccccc1. The van der Waals surface area contributed by atoms with E-state index in [1.54, 1.807) is 12.1 Å². The molecule has 0 unspecified atom stereocenters. The summed E-state index contributed by atoms with van der Waals surface area (Å²) in [7, 11) is 0. The van der Waals surface area contributed by atoms with Crippen molar-refractivity contribution in [1.29, 1.82) is 0 Å². The van der Waals surface area contributed by atoms with Crippen molar-refractivity contribution in [3.63, 3.8) is 0 Å². The number of halogens is 1. The second-order valence-electron chi connectivity index (χ2n) is 3.97. The van der Waals surface area contributed by atoms with Crippen LogP contribution < -0.4 is 0 Å². The van der Waals surface area contributed by atoms with E-state index in [0.29, 0.717) is 12.2 Å². The highest BCUT2D eigenvalue weighted by molar-refractivity contribution is 9.10. The summed E-state index contributed by atoms with van der Waals surface area (Å²) in [4.78, 5) is 11.5. The van der Waals surface area contributed by atoms with Crippen molar-refractivity contribution >= 4 is 21.9 Å². The Kier molecular flexibility index (Phi) is 4.33. The van der Waals surface area contributed by atoms with Crippen LogP contribution in [0.1, 0.15) is 30.6 Å². The summed E-state index contributed by atoms with van der Waals surface area (Å²) in [6, 6.07) is 9.03. The third kappa shape index (κ3) is 4.98. The van der Waals surface area contributed by atoms with E-state index in [0.717, 1.165) is 6.42 Å². The van der Waals surface area contributed by atoms with E-state index in [4.69, 9.17) is 4.74 Å². The molecule has 1 rings (SSSR count). The van der Waals surface area contributed by atoms with Crippen LogP contribution in [-0.2, 0) is 4.74 Å². The topological polar surface area (TPSA) is 26.3 Å². The highest BCUT2D eigenvalue weighted by Crippen LogP contribution is 2.20. The zero-order chi connectivity index (χ0) is 11.3. The van der Waals surface area contributed by atoms with E-state index in [1.807, 2.05) is 32.0 Å². The average Bonchev–Trinajstić information content (AvgIpc) is 2.17. The van der Waals surface area contributed by atoms with Gasteiger partial charge in [0, 0.05) is 4.32 Å². The molecule has 0 heterocycles. The monoisotopic (exact) mass is 270 g/mol. The number of ether oxygens (including phenoxy) is 1. The Morgan fingerprint density at radius 3 is 2.47 bits per heavy atom. The molecule has 0 N–H and O–H groups in total. The minimum atomic E-state index is -0.257. The maximum atomic E-state index is 11.5. The molecular formula is C12H15BrO2. The summed E-state index contributed by atoms with van der Waals surface area (Å²) in [5.41, 5.74) is 0.602. The summed E-state index contributed by atoms with van der Waals surface area (Å²) in [6.45, 7) is 4.53. The van der Waals surface area contributed by atoms with E-state index in [2.05, 4.69) is 15.9 Å². The minimum Gasteiger partial charge on any atom is -0.462 e. The molecule has 0 atom stereocenters. The van der Waals surface area contributed by atoms with Gasteiger partial charge < -0.3 is 4.74 Å². The summed E-state index contributed by atoms with van der Waals surface area (Å²) in [6.07, 6.45) is 0.797. The third-order valence-corrected chi connectivity index (χ3v) is 2.34. The Morgan fingerprint density at radius 1 is 1.33 bits per heavy atom. The van der Waals surface area contributed by atoms with Crippen LogP contribution in [0.15, 0.2) is 30.3 Å². The van der Waals surface area contributed by atoms with Crippen LogP contribution in [-0.4, -0.2) is 16.9 Å². The Morgan fingerprint density at radius 2 is 1.93 bits per heavy atom. The summed E-state index contributed by atoms with van der Waals surface area (Å²) in [5, 5.41) is 0. The van der Waals surface area contributed by atoms with Crippen LogP contribution in [0.5, 0.6) is 0 Å². The molecule has 0 aliphatic carbocycles. The maximum absolute atomic E-state index is 11.5. The van der Waals surface area contributed by atoms with Gasteiger partial charge in [-0.25, -0.2) is 4.79 Å².